The first-order chi connectivity index (χ1) is 14.0. The van der Waals surface area contributed by atoms with E-state index < -0.39 is 4.92 Å². The lowest BCUT2D eigenvalue weighted by molar-refractivity contribution is -0.384. The van der Waals surface area contributed by atoms with Gasteiger partial charge in [0.25, 0.3) is 11.6 Å². The van der Waals surface area contributed by atoms with Crippen LogP contribution in [-0.4, -0.2) is 10.8 Å². The minimum atomic E-state index is -0.425. The molecule has 1 amide bonds. The number of rotatable bonds is 4. The van der Waals surface area contributed by atoms with E-state index >= 15 is 0 Å². The Morgan fingerprint density at radius 1 is 1.07 bits per heavy atom. The number of para-hydroxylation sites is 1. The highest BCUT2D eigenvalue weighted by atomic mass is 32.2. The van der Waals surface area contributed by atoms with Gasteiger partial charge in [-0.3, -0.25) is 14.9 Å². The average Bonchev–Trinajstić information content (AvgIpc) is 2.71. The van der Waals surface area contributed by atoms with Crippen LogP contribution >= 0.6 is 23.5 Å². The SMILES string of the molecule is Cc1ccc(Sc2ccc([N+](=O)[O-])cc2/C=C2/Sc3ccccc3NC2=O)cc1. The Morgan fingerprint density at radius 2 is 1.83 bits per heavy atom. The number of nitro groups is 1. The second kappa shape index (κ2) is 8.14. The van der Waals surface area contributed by atoms with Crippen molar-refractivity contribution in [2.75, 3.05) is 5.32 Å². The number of thioether (sulfide) groups is 1. The lowest BCUT2D eigenvalue weighted by Gasteiger charge is -2.18. The summed E-state index contributed by atoms with van der Waals surface area (Å²) in [6, 6.07) is 20.4. The molecule has 0 bridgehead atoms. The average molecular weight is 421 g/mol. The van der Waals surface area contributed by atoms with Crippen molar-refractivity contribution in [1.82, 2.24) is 0 Å². The summed E-state index contributed by atoms with van der Waals surface area (Å²) in [5, 5.41) is 14.1. The normalized spacial score (nSPS) is 14.4. The highest BCUT2D eigenvalue weighted by Crippen LogP contribution is 2.40. The molecule has 5 nitrogen and oxygen atoms in total. The van der Waals surface area contributed by atoms with E-state index in [1.54, 1.807) is 12.1 Å². The number of nitro benzene ring substituents is 1. The van der Waals surface area contributed by atoms with Gasteiger partial charge >= 0.3 is 0 Å². The van der Waals surface area contributed by atoms with E-state index in [4.69, 9.17) is 0 Å². The van der Waals surface area contributed by atoms with Gasteiger partial charge in [-0.2, -0.15) is 0 Å². The molecule has 0 unspecified atom stereocenters. The number of anilines is 1. The summed E-state index contributed by atoms with van der Waals surface area (Å²) in [5.74, 6) is -0.216. The first kappa shape index (κ1) is 19.3. The molecule has 3 aromatic carbocycles. The van der Waals surface area contributed by atoms with Crippen molar-refractivity contribution in [3.05, 3.63) is 92.9 Å². The van der Waals surface area contributed by atoms with Gasteiger partial charge < -0.3 is 5.32 Å². The van der Waals surface area contributed by atoms with Crippen molar-refractivity contribution >= 4 is 46.9 Å². The smallest absolute Gasteiger partial charge is 0.270 e. The summed E-state index contributed by atoms with van der Waals surface area (Å²) in [4.78, 5) is 26.7. The van der Waals surface area contributed by atoms with Gasteiger partial charge in [0.2, 0.25) is 0 Å². The van der Waals surface area contributed by atoms with E-state index in [2.05, 4.69) is 5.32 Å². The Balaban J connectivity index is 1.73. The van der Waals surface area contributed by atoms with Crippen LogP contribution in [0, 0.1) is 17.0 Å². The van der Waals surface area contributed by atoms with Crippen molar-refractivity contribution in [2.45, 2.75) is 21.6 Å². The van der Waals surface area contributed by atoms with Gasteiger partial charge in [-0.15, -0.1) is 0 Å². The number of non-ortho nitro benzene ring substituents is 1. The van der Waals surface area contributed by atoms with Crippen LogP contribution in [0.1, 0.15) is 11.1 Å². The summed E-state index contributed by atoms with van der Waals surface area (Å²) in [6.45, 7) is 2.02. The summed E-state index contributed by atoms with van der Waals surface area (Å²) >= 11 is 2.87. The molecule has 0 saturated carbocycles. The molecule has 144 valence electrons. The predicted octanol–water partition coefficient (Wildman–Crippen LogP) is 6.14. The molecule has 0 aromatic heterocycles. The van der Waals surface area contributed by atoms with E-state index in [-0.39, 0.29) is 11.6 Å². The molecule has 0 aliphatic carbocycles. The van der Waals surface area contributed by atoms with Gasteiger partial charge in [-0.1, -0.05) is 53.4 Å². The Kier molecular flexibility index (Phi) is 5.42. The van der Waals surface area contributed by atoms with Crippen LogP contribution in [0.3, 0.4) is 0 Å². The zero-order chi connectivity index (χ0) is 20.4. The van der Waals surface area contributed by atoms with Crippen LogP contribution in [0.4, 0.5) is 11.4 Å². The lowest BCUT2D eigenvalue weighted by Crippen LogP contribution is -2.17. The predicted molar refractivity (Wildman–Crippen MR) is 117 cm³/mol. The first-order valence-electron chi connectivity index (χ1n) is 8.82. The third-order valence-electron chi connectivity index (χ3n) is 4.32. The maximum absolute atomic E-state index is 12.5. The van der Waals surface area contributed by atoms with Gasteiger partial charge in [-0.05, 0) is 48.9 Å². The Morgan fingerprint density at radius 3 is 2.59 bits per heavy atom. The van der Waals surface area contributed by atoms with E-state index in [9.17, 15) is 14.9 Å². The fourth-order valence-corrected chi connectivity index (χ4v) is 4.67. The number of carbonyl (C=O) groups excluding carboxylic acids is 1. The zero-order valence-corrected chi connectivity index (χ0v) is 17.0. The molecule has 1 heterocycles. The van der Waals surface area contributed by atoms with Crippen LogP contribution in [-0.2, 0) is 4.79 Å². The molecule has 1 aliphatic heterocycles. The van der Waals surface area contributed by atoms with Gasteiger partial charge in [-0.25, -0.2) is 0 Å². The summed E-state index contributed by atoms with van der Waals surface area (Å²) < 4.78 is 0. The molecule has 29 heavy (non-hydrogen) atoms. The van der Waals surface area contributed by atoms with Crippen molar-refractivity contribution in [3.63, 3.8) is 0 Å². The van der Waals surface area contributed by atoms with Crippen LogP contribution in [0.25, 0.3) is 6.08 Å². The number of carbonyl (C=O) groups is 1. The fourth-order valence-electron chi connectivity index (χ4n) is 2.83. The molecular weight excluding hydrogens is 404 g/mol. The highest BCUT2D eigenvalue weighted by molar-refractivity contribution is 8.04. The second-order valence-corrected chi connectivity index (χ2v) is 8.65. The molecule has 0 fully saturated rings. The molecule has 0 radical (unpaired) electrons. The minimum Gasteiger partial charge on any atom is -0.320 e. The third kappa shape index (κ3) is 4.36. The fraction of sp³-hybridized carbons (Fsp3) is 0.0455. The Bertz CT molecular complexity index is 1140. The molecule has 3 aromatic rings. The topological polar surface area (TPSA) is 72.2 Å². The number of aryl methyl sites for hydroxylation is 1. The summed E-state index contributed by atoms with van der Waals surface area (Å²) in [7, 11) is 0. The van der Waals surface area contributed by atoms with Crippen LogP contribution < -0.4 is 5.32 Å². The first-order valence-corrected chi connectivity index (χ1v) is 10.5. The number of nitrogens with one attached hydrogen (secondary N) is 1. The largest absolute Gasteiger partial charge is 0.320 e. The van der Waals surface area contributed by atoms with E-state index in [0.717, 1.165) is 25.9 Å². The second-order valence-electron chi connectivity index (χ2n) is 6.46. The van der Waals surface area contributed by atoms with E-state index in [1.165, 1.54) is 35.7 Å². The Hall–Kier alpha value is -3.03. The minimum absolute atomic E-state index is 0.00766. The Labute approximate surface area is 176 Å². The molecule has 4 rings (SSSR count). The number of amides is 1. The molecule has 1 aliphatic rings. The summed E-state index contributed by atoms with van der Waals surface area (Å²) in [6.07, 6.45) is 1.72. The van der Waals surface area contributed by atoms with Gasteiger partial charge in [0, 0.05) is 26.8 Å². The third-order valence-corrected chi connectivity index (χ3v) is 6.52. The van der Waals surface area contributed by atoms with Crippen molar-refractivity contribution < 1.29 is 9.72 Å². The molecular formula is C22H16N2O3S2. The van der Waals surface area contributed by atoms with E-state index in [0.29, 0.717) is 10.5 Å². The lowest BCUT2D eigenvalue weighted by atomic mass is 10.2. The van der Waals surface area contributed by atoms with Crippen molar-refractivity contribution in [2.24, 2.45) is 0 Å². The standard InChI is InChI=1S/C22H16N2O3S2/c1-14-6-9-17(10-7-14)28-19-11-8-16(24(26)27)12-15(19)13-21-22(25)23-18-4-2-3-5-20(18)29-21/h2-13H,1H3,(H,23,25)/b21-13+. The maximum atomic E-state index is 12.5. The van der Waals surface area contributed by atoms with Gasteiger partial charge in [0.05, 0.1) is 15.5 Å². The number of nitrogens with zero attached hydrogens (tertiary/aromatic N) is 1. The van der Waals surface area contributed by atoms with Crippen molar-refractivity contribution in [1.29, 1.82) is 0 Å². The van der Waals surface area contributed by atoms with Gasteiger partial charge in [0.15, 0.2) is 0 Å². The van der Waals surface area contributed by atoms with Gasteiger partial charge in [0.1, 0.15) is 0 Å². The van der Waals surface area contributed by atoms with Crippen molar-refractivity contribution in [3.8, 4) is 0 Å². The van der Waals surface area contributed by atoms with Crippen LogP contribution in [0.15, 0.2) is 86.3 Å². The molecule has 1 N–H and O–H groups in total. The number of hydrogen-bond acceptors (Lipinski definition) is 5. The zero-order valence-electron chi connectivity index (χ0n) is 15.4. The number of benzene rings is 3. The number of fused-ring (bicyclic) bond motifs is 1. The molecule has 0 spiro atoms. The quantitative estimate of drug-likeness (QED) is 0.312. The molecule has 0 saturated heterocycles. The number of hydrogen-bond donors (Lipinski definition) is 1. The van der Waals surface area contributed by atoms with Crippen LogP contribution in [0.5, 0.6) is 0 Å². The van der Waals surface area contributed by atoms with E-state index in [1.807, 2.05) is 55.5 Å². The molecule has 0 atom stereocenters. The summed E-state index contributed by atoms with van der Waals surface area (Å²) in [5.41, 5.74) is 2.57. The monoisotopic (exact) mass is 420 g/mol. The highest BCUT2D eigenvalue weighted by Gasteiger charge is 2.21. The molecule has 7 heteroatoms. The maximum Gasteiger partial charge on any atom is 0.270 e. The van der Waals surface area contributed by atoms with Crippen LogP contribution in [0.2, 0.25) is 0 Å².